The maximum absolute atomic E-state index is 13.8. The van der Waals surface area contributed by atoms with E-state index in [0.29, 0.717) is 38.2 Å². The molecule has 1 aliphatic rings. The highest BCUT2D eigenvalue weighted by molar-refractivity contribution is 5.89. The zero-order valence-corrected chi connectivity index (χ0v) is 15.2. The van der Waals surface area contributed by atoms with E-state index in [9.17, 15) is 14.0 Å². The van der Waals surface area contributed by atoms with Crippen molar-refractivity contribution >= 4 is 11.9 Å². The van der Waals surface area contributed by atoms with Crippen molar-refractivity contribution in [2.45, 2.75) is 24.8 Å². The standard InChI is InChI=1S/C21H22FNO4/c1-23(14-15-5-7-16(8-6-15)19(24)25)20(26)21(9-11-27-12-10-21)17-3-2-4-18(22)13-17/h2-8,13H,9-12,14H2,1H3,(H,24,25). The number of halogens is 1. The molecule has 0 aliphatic carbocycles. The minimum atomic E-state index is -0.988. The van der Waals surface area contributed by atoms with E-state index in [1.54, 1.807) is 36.2 Å². The summed E-state index contributed by atoms with van der Waals surface area (Å²) in [6.45, 7) is 1.24. The lowest BCUT2D eigenvalue weighted by atomic mass is 9.73. The Kier molecular flexibility index (Phi) is 5.56. The third kappa shape index (κ3) is 4.01. The van der Waals surface area contributed by atoms with Crippen LogP contribution >= 0.6 is 0 Å². The fourth-order valence-electron chi connectivity index (χ4n) is 3.60. The molecule has 0 saturated carbocycles. The molecule has 1 N–H and O–H groups in total. The molecule has 6 heteroatoms. The summed E-state index contributed by atoms with van der Waals surface area (Å²) in [5.41, 5.74) is 0.894. The van der Waals surface area contributed by atoms with Crippen LogP contribution in [0.4, 0.5) is 4.39 Å². The van der Waals surface area contributed by atoms with Crippen LogP contribution in [0.5, 0.6) is 0 Å². The third-order valence-corrected chi connectivity index (χ3v) is 5.10. The van der Waals surface area contributed by atoms with E-state index >= 15 is 0 Å². The van der Waals surface area contributed by atoms with Gasteiger partial charge in [-0.05, 0) is 48.2 Å². The highest BCUT2D eigenvalue weighted by Crippen LogP contribution is 2.37. The molecule has 2 aromatic carbocycles. The number of carboxylic acid groups (broad SMARTS) is 1. The second kappa shape index (κ2) is 7.88. The lowest BCUT2D eigenvalue weighted by Gasteiger charge is -2.39. The van der Waals surface area contributed by atoms with Gasteiger partial charge in [-0.1, -0.05) is 24.3 Å². The van der Waals surface area contributed by atoms with Crippen LogP contribution in [0.1, 0.15) is 34.3 Å². The summed E-state index contributed by atoms with van der Waals surface area (Å²) in [4.78, 5) is 26.0. The van der Waals surface area contributed by atoms with Gasteiger partial charge in [-0.2, -0.15) is 0 Å². The Morgan fingerprint density at radius 1 is 1.15 bits per heavy atom. The SMILES string of the molecule is CN(Cc1ccc(C(=O)O)cc1)C(=O)C1(c2cccc(F)c2)CCOCC1. The van der Waals surface area contributed by atoms with Crippen molar-refractivity contribution < 1.29 is 23.8 Å². The Hall–Kier alpha value is -2.73. The summed E-state index contributed by atoms with van der Waals surface area (Å²) in [6.07, 6.45) is 0.995. The number of carbonyl (C=O) groups excluding carboxylic acids is 1. The smallest absolute Gasteiger partial charge is 0.335 e. The van der Waals surface area contributed by atoms with E-state index in [4.69, 9.17) is 9.84 Å². The van der Waals surface area contributed by atoms with Gasteiger partial charge in [0.15, 0.2) is 0 Å². The molecule has 0 atom stereocenters. The third-order valence-electron chi connectivity index (χ3n) is 5.10. The molecule has 0 bridgehead atoms. The zero-order chi connectivity index (χ0) is 19.4. The molecule has 0 spiro atoms. The number of benzene rings is 2. The van der Waals surface area contributed by atoms with Gasteiger partial charge < -0.3 is 14.7 Å². The Morgan fingerprint density at radius 3 is 2.41 bits per heavy atom. The molecular weight excluding hydrogens is 349 g/mol. The first kappa shape index (κ1) is 19.0. The fraction of sp³-hybridized carbons (Fsp3) is 0.333. The molecule has 0 aromatic heterocycles. The van der Waals surface area contributed by atoms with Crippen molar-refractivity contribution in [3.05, 3.63) is 71.0 Å². The topological polar surface area (TPSA) is 66.8 Å². The quantitative estimate of drug-likeness (QED) is 0.876. The predicted octanol–water partition coefficient (Wildman–Crippen LogP) is 3.23. The monoisotopic (exact) mass is 371 g/mol. The van der Waals surface area contributed by atoms with Gasteiger partial charge in [-0.3, -0.25) is 4.79 Å². The van der Waals surface area contributed by atoms with Crippen molar-refractivity contribution in [3.8, 4) is 0 Å². The number of rotatable bonds is 5. The lowest BCUT2D eigenvalue weighted by Crippen LogP contribution is -2.48. The van der Waals surface area contributed by atoms with Crippen LogP contribution < -0.4 is 0 Å². The maximum atomic E-state index is 13.8. The van der Waals surface area contributed by atoms with E-state index in [0.717, 1.165) is 5.56 Å². The van der Waals surface area contributed by atoms with Gasteiger partial charge >= 0.3 is 5.97 Å². The molecule has 5 nitrogen and oxygen atoms in total. The Balaban J connectivity index is 1.84. The highest BCUT2D eigenvalue weighted by atomic mass is 19.1. The van der Waals surface area contributed by atoms with E-state index in [1.807, 2.05) is 0 Å². The van der Waals surface area contributed by atoms with Crippen LogP contribution in [0.3, 0.4) is 0 Å². The second-order valence-corrected chi connectivity index (χ2v) is 6.87. The van der Waals surface area contributed by atoms with Crippen LogP contribution in [0.15, 0.2) is 48.5 Å². The number of hydrogen-bond acceptors (Lipinski definition) is 3. The van der Waals surface area contributed by atoms with Gasteiger partial charge in [0.2, 0.25) is 5.91 Å². The summed E-state index contributed by atoms with van der Waals surface area (Å²) in [7, 11) is 1.71. The summed E-state index contributed by atoms with van der Waals surface area (Å²) in [5.74, 6) is -1.44. The first-order valence-electron chi connectivity index (χ1n) is 8.84. The molecule has 1 amide bonds. The minimum absolute atomic E-state index is 0.0845. The first-order valence-corrected chi connectivity index (χ1v) is 8.84. The molecule has 1 heterocycles. The van der Waals surface area contributed by atoms with E-state index in [2.05, 4.69) is 0 Å². The molecule has 1 fully saturated rings. The van der Waals surface area contributed by atoms with Gasteiger partial charge in [0.1, 0.15) is 5.82 Å². The predicted molar refractivity (Wildman–Crippen MR) is 98.0 cm³/mol. The average Bonchev–Trinajstić information content (AvgIpc) is 2.68. The van der Waals surface area contributed by atoms with Crippen LogP contribution in [0, 0.1) is 5.82 Å². The largest absolute Gasteiger partial charge is 0.478 e. The maximum Gasteiger partial charge on any atom is 0.335 e. The zero-order valence-electron chi connectivity index (χ0n) is 15.2. The molecular formula is C21H22FNO4. The summed E-state index contributed by atoms with van der Waals surface area (Å²) < 4.78 is 19.2. The lowest BCUT2D eigenvalue weighted by molar-refractivity contribution is -0.140. The number of carbonyl (C=O) groups is 2. The molecule has 1 aliphatic heterocycles. The Morgan fingerprint density at radius 2 is 1.81 bits per heavy atom. The molecule has 0 unspecified atom stereocenters. The van der Waals surface area contributed by atoms with Crippen molar-refractivity contribution in [2.24, 2.45) is 0 Å². The van der Waals surface area contributed by atoms with Gasteiger partial charge in [0.05, 0.1) is 11.0 Å². The number of aromatic carboxylic acids is 1. The first-order chi connectivity index (χ1) is 12.9. The molecule has 27 heavy (non-hydrogen) atoms. The van der Waals surface area contributed by atoms with Crippen LogP contribution in [-0.2, 0) is 21.5 Å². The van der Waals surface area contributed by atoms with Crippen LogP contribution in [0.25, 0.3) is 0 Å². The molecule has 2 aromatic rings. The van der Waals surface area contributed by atoms with Crippen molar-refractivity contribution in [1.82, 2.24) is 4.90 Å². The van der Waals surface area contributed by atoms with Gasteiger partial charge in [0.25, 0.3) is 0 Å². The van der Waals surface area contributed by atoms with Crippen LogP contribution in [-0.4, -0.2) is 42.1 Å². The average molecular weight is 371 g/mol. The fourth-order valence-corrected chi connectivity index (χ4v) is 3.60. The van der Waals surface area contributed by atoms with E-state index in [1.165, 1.54) is 24.3 Å². The highest BCUT2D eigenvalue weighted by Gasteiger charge is 2.43. The summed E-state index contributed by atoms with van der Waals surface area (Å²) in [6, 6.07) is 12.7. The molecule has 0 radical (unpaired) electrons. The molecule has 142 valence electrons. The number of hydrogen-bond donors (Lipinski definition) is 1. The van der Waals surface area contributed by atoms with Gasteiger partial charge in [-0.25, -0.2) is 9.18 Å². The van der Waals surface area contributed by atoms with Crippen LogP contribution in [0.2, 0.25) is 0 Å². The van der Waals surface area contributed by atoms with E-state index in [-0.39, 0.29) is 17.3 Å². The Labute approximate surface area is 157 Å². The number of ether oxygens (including phenoxy) is 1. The normalized spacial score (nSPS) is 15.9. The molecule has 3 rings (SSSR count). The number of nitrogens with zero attached hydrogens (tertiary/aromatic N) is 1. The number of carboxylic acids is 1. The number of likely N-dealkylation sites (N-methyl/N-ethyl adjacent to an activating group) is 1. The number of amides is 1. The van der Waals surface area contributed by atoms with Crippen molar-refractivity contribution in [1.29, 1.82) is 0 Å². The summed E-state index contributed by atoms with van der Waals surface area (Å²) >= 11 is 0. The van der Waals surface area contributed by atoms with Gasteiger partial charge in [-0.15, -0.1) is 0 Å². The summed E-state index contributed by atoms with van der Waals surface area (Å²) in [5, 5.41) is 8.99. The van der Waals surface area contributed by atoms with E-state index < -0.39 is 11.4 Å². The van der Waals surface area contributed by atoms with Crippen molar-refractivity contribution in [3.63, 3.8) is 0 Å². The molecule has 1 saturated heterocycles. The second-order valence-electron chi connectivity index (χ2n) is 6.87. The minimum Gasteiger partial charge on any atom is -0.478 e. The van der Waals surface area contributed by atoms with Gasteiger partial charge in [0, 0.05) is 26.8 Å². The Bertz CT molecular complexity index is 828. The van der Waals surface area contributed by atoms with Crippen molar-refractivity contribution in [2.75, 3.05) is 20.3 Å².